The van der Waals surface area contributed by atoms with Crippen molar-refractivity contribution in [3.8, 4) is 6.07 Å². The number of methoxy groups -OCH3 is 1. The van der Waals surface area contributed by atoms with E-state index in [0.29, 0.717) is 5.69 Å². The summed E-state index contributed by atoms with van der Waals surface area (Å²) in [5.74, 6) is -0.685. The van der Waals surface area contributed by atoms with Crippen LogP contribution in [0.4, 0.5) is 5.69 Å². The molecule has 1 heterocycles. The summed E-state index contributed by atoms with van der Waals surface area (Å²) >= 11 is 0. The Morgan fingerprint density at radius 3 is 2.79 bits per heavy atom. The number of nitriles is 1. The highest BCUT2D eigenvalue weighted by Gasteiger charge is 2.07. The molecule has 0 saturated carbocycles. The van der Waals surface area contributed by atoms with E-state index in [1.54, 1.807) is 36.7 Å². The van der Waals surface area contributed by atoms with Crippen molar-refractivity contribution in [2.24, 2.45) is 0 Å². The number of hydrogen-bond acceptors (Lipinski definition) is 6. The summed E-state index contributed by atoms with van der Waals surface area (Å²) < 4.78 is 4.47. The Hall–Kier alpha value is -2.94. The van der Waals surface area contributed by atoms with Crippen LogP contribution >= 0.6 is 0 Å². The average Bonchev–Trinajstić information content (AvgIpc) is 2.47. The molecule has 0 amide bonds. The maximum absolute atomic E-state index is 11.2. The topological polar surface area (TPSA) is 87.9 Å². The van der Waals surface area contributed by atoms with E-state index < -0.39 is 5.97 Å². The van der Waals surface area contributed by atoms with Gasteiger partial charge in [-0.05, 0) is 18.2 Å². The normalized spacial score (nSPS) is 10.8. The molecule has 1 N–H and O–H groups in total. The first-order valence-corrected chi connectivity index (χ1v) is 5.40. The molecular formula is C13H10N4O2. The van der Waals surface area contributed by atoms with E-state index in [-0.39, 0.29) is 5.57 Å². The van der Waals surface area contributed by atoms with Crippen molar-refractivity contribution in [1.82, 2.24) is 9.97 Å². The Labute approximate surface area is 109 Å². The number of rotatable bonds is 3. The number of nitrogens with zero attached hydrogens (tertiary/aromatic N) is 3. The van der Waals surface area contributed by atoms with Gasteiger partial charge < -0.3 is 10.1 Å². The first kappa shape index (κ1) is 12.5. The van der Waals surface area contributed by atoms with E-state index >= 15 is 0 Å². The zero-order valence-electron chi connectivity index (χ0n) is 10.1. The third-order valence-corrected chi connectivity index (χ3v) is 2.38. The standard InChI is InChI=1S/C13H10N4O2/c1-19-13(18)9(7-14)8-17-10-2-3-11-12(6-10)16-5-4-15-11/h2-6,8,17H,1H3/b9-8-. The number of nitrogens with one attached hydrogen (secondary N) is 1. The van der Waals surface area contributed by atoms with Gasteiger partial charge in [-0.1, -0.05) is 0 Å². The van der Waals surface area contributed by atoms with Gasteiger partial charge in [0.05, 0.1) is 18.1 Å². The molecule has 0 bridgehead atoms. The predicted octanol–water partition coefficient (Wildman–Crippen LogP) is 1.62. The molecule has 1 aromatic heterocycles. The highest BCUT2D eigenvalue weighted by atomic mass is 16.5. The molecule has 0 fully saturated rings. The lowest BCUT2D eigenvalue weighted by atomic mass is 10.2. The summed E-state index contributed by atoms with van der Waals surface area (Å²) in [6, 6.07) is 7.10. The number of fused-ring (bicyclic) bond motifs is 1. The lowest BCUT2D eigenvalue weighted by Gasteiger charge is -2.03. The van der Waals surface area contributed by atoms with Gasteiger partial charge in [0.2, 0.25) is 0 Å². The predicted molar refractivity (Wildman–Crippen MR) is 68.9 cm³/mol. The third kappa shape index (κ3) is 2.84. The molecule has 6 nitrogen and oxygen atoms in total. The number of aromatic nitrogens is 2. The molecule has 0 aliphatic carbocycles. The number of hydrogen-bond donors (Lipinski definition) is 1. The van der Waals surface area contributed by atoms with Crippen molar-refractivity contribution in [3.63, 3.8) is 0 Å². The molecule has 1 aromatic carbocycles. The van der Waals surface area contributed by atoms with Gasteiger partial charge in [-0.25, -0.2) is 4.79 Å². The molecule has 0 saturated heterocycles. The van der Waals surface area contributed by atoms with Crippen molar-refractivity contribution in [1.29, 1.82) is 5.26 Å². The SMILES string of the molecule is COC(=O)/C(C#N)=C\Nc1ccc2nccnc2c1. The Morgan fingerprint density at radius 1 is 1.37 bits per heavy atom. The quantitative estimate of drug-likeness (QED) is 0.508. The Morgan fingerprint density at radius 2 is 2.11 bits per heavy atom. The molecular weight excluding hydrogens is 244 g/mol. The van der Waals surface area contributed by atoms with Crippen LogP contribution in [0.3, 0.4) is 0 Å². The van der Waals surface area contributed by atoms with Crippen LogP contribution in [0.2, 0.25) is 0 Å². The summed E-state index contributed by atoms with van der Waals surface area (Å²) in [6.07, 6.45) is 4.50. The largest absolute Gasteiger partial charge is 0.465 e. The van der Waals surface area contributed by atoms with Crippen LogP contribution in [0.5, 0.6) is 0 Å². The van der Waals surface area contributed by atoms with E-state index in [1.165, 1.54) is 13.3 Å². The van der Waals surface area contributed by atoms with Gasteiger partial charge in [-0.3, -0.25) is 9.97 Å². The van der Waals surface area contributed by atoms with Crippen LogP contribution in [0, 0.1) is 11.3 Å². The second-order valence-corrected chi connectivity index (χ2v) is 3.57. The Kier molecular flexibility index (Phi) is 3.69. The lowest BCUT2D eigenvalue weighted by molar-refractivity contribution is -0.135. The Balaban J connectivity index is 2.24. The first-order chi connectivity index (χ1) is 9.24. The molecule has 6 heteroatoms. The molecule has 0 radical (unpaired) electrons. The fourth-order valence-electron chi connectivity index (χ4n) is 1.46. The van der Waals surface area contributed by atoms with E-state index in [0.717, 1.165) is 11.0 Å². The average molecular weight is 254 g/mol. The van der Waals surface area contributed by atoms with Gasteiger partial charge >= 0.3 is 5.97 Å². The molecule has 0 spiro atoms. The number of carbonyl (C=O) groups excluding carboxylic acids is 1. The lowest BCUT2D eigenvalue weighted by Crippen LogP contribution is -2.05. The van der Waals surface area contributed by atoms with Crippen molar-refractivity contribution in [2.45, 2.75) is 0 Å². The molecule has 0 aliphatic heterocycles. The summed E-state index contributed by atoms with van der Waals surface area (Å²) in [4.78, 5) is 19.5. The van der Waals surface area contributed by atoms with Gasteiger partial charge in [0.1, 0.15) is 6.07 Å². The number of carbonyl (C=O) groups is 1. The molecule has 0 atom stereocenters. The zero-order valence-corrected chi connectivity index (χ0v) is 10.1. The van der Waals surface area contributed by atoms with Crippen LogP contribution in [-0.4, -0.2) is 23.0 Å². The summed E-state index contributed by atoms with van der Waals surface area (Å²) in [7, 11) is 1.22. The van der Waals surface area contributed by atoms with Crippen LogP contribution < -0.4 is 5.32 Å². The minimum Gasteiger partial charge on any atom is -0.465 e. The van der Waals surface area contributed by atoms with E-state index in [4.69, 9.17) is 5.26 Å². The second-order valence-electron chi connectivity index (χ2n) is 3.57. The van der Waals surface area contributed by atoms with E-state index in [2.05, 4.69) is 20.0 Å². The van der Waals surface area contributed by atoms with Gasteiger partial charge in [0.15, 0.2) is 5.57 Å². The van der Waals surface area contributed by atoms with Crippen molar-refractivity contribution < 1.29 is 9.53 Å². The van der Waals surface area contributed by atoms with E-state index in [9.17, 15) is 4.79 Å². The number of esters is 1. The third-order valence-electron chi connectivity index (χ3n) is 2.38. The molecule has 2 aromatic rings. The smallest absolute Gasteiger partial charge is 0.350 e. The Bertz CT molecular complexity index is 688. The fraction of sp³-hybridized carbons (Fsp3) is 0.0769. The first-order valence-electron chi connectivity index (χ1n) is 5.40. The maximum Gasteiger partial charge on any atom is 0.350 e. The maximum atomic E-state index is 11.2. The monoisotopic (exact) mass is 254 g/mol. The van der Waals surface area contributed by atoms with Gasteiger partial charge in [0.25, 0.3) is 0 Å². The molecule has 19 heavy (non-hydrogen) atoms. The van der Waals surface area contributed by atoms with Gasteiger partial charge in [0, 0.05) is 24.3 Å². The number of benzene rings is 1. The second kappa shape index (κ2) is 5.60. The molecule has 0 aliphatic rings. The van der Waals surface area contributed by atoms with E-state index in [1.807, 2.05) is 0 Å². The minimum absolute atomic E-state index is 0.109. The summed E-state index contributed by atoms with van der Waals surface area (Å²) in [5, 5.41) is 11.6. The summed E-state index contributed by atoms with van der Waals surface area (Å²) in [5.41, 5.74) is 2.08. The highest BCUT2D eigenvalue weighted by molar-refractivity contribution is 5.93. The fourth-order valence-corrected chi connectivity index (χ4v) is 1.46. The number of ether oxygens (including phenoxy) is 1. The van der Waals surface area contributed by atoms with Crippen molar-refractivity contribution in [3.05, 3.63) is 42.4 Å². The highest BCUT2D eigenvalue weighted by Crippen LogP contribution is 2.15. The van der Waals surface area contributed by atoms with Crippen molar-refractivity contribution in [2.75, 3.05) is 12.4 Å². The van der Waals surface area contributed by atoms with Crippen LogP contribution in [0.25, 0.3) is 11.0 Å². The number of anilines is 1. The van der Waals surface area contributed by atoms with Crippen molar-refractivity contribution >= 4 is 22.7 Å². The minimum atomic E-state index is -0.685. The molecule has 0 unspecified atom stereocenters. The molecule has 2 rings (SSSR count). The van der Waals surface area contributed by atoms with Crippen LogP contribution in [0.1, 0.15) is 0 Å². The zero-order chi connectivity index (χ0) is 13.7. The van der Waals surface area contributed by atoms with Gasteiger partial charge in [-0.2, -0.15) is 5.26 Å². The van der Waals surface area contributed by atoms with Gasteiger partial charge in [-0.15, -0.1) is 0 Å². The molecule has 94 valence electrons. The van der Waals surface area contributed by atoms with Crippen LogP contribution in [0.15, 0.2) is 42.4 Å². The summed E-state index contributed by atoms with van der Waals surface area (Å²) in [6.45, 7) is 0. The van der Waals surface area contributed by atoms with Crippen LogP contribution in [-0.2, 0) is 9.53 Å².